The Morgan fingerprint density at radius 1 is 1.25 bits per heavy atom. The minimum atomic E-state index is -0.0922. The van der Waals surface area contributed by atoms with Crippen LogP contribution in [0.3, 0.4) is 0 Å². The Kier molecular flexibility index (Phi) is 7.06. The molecule has 5 heterocycles. The Bertz CT molecular complexity index is 1650. The van der Waals surface area contributed by atoms with E-state index in [1.165, 1.54) is 0 Å². The van der Waals surface area contributed by atoms with E-state index in [1.807, 2.05) is 56.6 Å². The monoisotopic (exact) mass is 557 g/mol. The Labute approximate surface area is 235 Å². The number of amides is 1. The molecule has 1 saturated heterocycles. The molecular weight excluding hydrogens is 530 g/mol. The van der Waals surface area contributed by atoms with Gasteiger partial charge in [0.05, 0.1) is 34.7 Å². The number of rotatable bonds is 8. The number of carbonyl (C=O) groups is 1. The van der Waals surface area contributed by atoms with Crippen LogP contribution in [-0.4, -0.2) is 66.3 Å². The van der Waals surface area contributed by atoms with Gasteiger partial charge < -0.3 is 20.4 Å². The van der Waals surface area contributed by atoms with Crippen molar-refractivity contribution >= 4 is 45.9 Å². The van der Waals surface area contributed by atoms with Crippen molar-refractivity contribution in [2.75, 3.05) is 30.3 Å². The minimum absolute atomic E-state index is 0.0447. The topological polar surface area (TPSA) is 126 Å². The van der Waals surface area contributed by atoms with Gasteiger partial charge in [-0.25, -0.2) is 9.97 Å². The maximum absolute atomic E-state index is 13.0. The van der Waals surface area contributed by atoms with E-state index < -0.39 is 0 Å². The van der Waals surface area contributed by atoms with Gasteiger partial charge in [-0.2, -0.15) is 5.10 Å². The number of hydrogen-bond acceptors (Lipinski definition) is 8. The number of pyridine rings is 1. The molecule has 0 aliphatic carbocycles. The van der Waals surface area contributed by atoms with E-state index in [1.54, 1.807) is 23.3 Å². The summed E-state index contributed by atoms with van der Waals surface area (Å²) in [5.41, 5.74) is 3.85. The summed E-state index contributed by atoms with van der Waals surface area (Å²) in [6, 6.07) is 11.3. The number of likely N-dealkylation sites (tertiary alicyclic amines) is 1. The molecule has 1 aromatic carbocycles. The predicted octanol–water partition coefficient (Wildman–Crippen LogP) is 4.55. The summed E-state index contributed by atoms with van der Waals surface area (Å²) in [5, 5.41) is 11.9. The van der Waals surface area contributed by atoms with Crippen LogP contribution in [0.15, 0.2) is 61.2 Å². The summed E-state index contributed by atoms with van der Waals surface area (Å²) in [7, 11) is 1.87. The molecule has 1 amide bonds. The SMILES string of the molecule is Cc1cc(Nc2ncc(Cl)c(-c3c[nH]c4c(NC(=O)CN5CCC(Oc6ccncc6)C5)cccc34)n2)nn1C. The van der Waals surface area contributed by atoms with Gasteiger partial charge in [0.15, 0.2) is 5.82 Å². The second-order valence-corrected chi connectivity index (χ2v) is 10.1. The standard InChI is InChI=1S/C28H28ClN9O2/c1-17-12-24(36-37(17)2)34-28-32-14-22(29)26(35-28)21-13-31-27-20(21)4-3-5-23(27)33-25(39)16-38-11-8-19(15-38)40-18-6-9-30-10-7-18/h3-7,9-10,12-14,19,31H,8,11,15-16H2,1-2H3,(H,33,39)(H,32,34,35,36). The van der Waals surface area contributed by atoms with E-state index >= 15 is 0 Å². The first-order chi connectivity index (χ1) is 19.4. The van der Waals surface area contributed by atoms with Crippen LogP contribution in [0, 0.1) is 6.92 Å². The average Bonchev–Trinajstić information content (AvgIpc) is 3.65. The van der Waals surface area contributed by atoms with Gasteiger partial charge in [0.2, 0.25) is 11.9 Å². The zero-order valence-corrected chi connectivity index (χ0v) is 22.8. The van der Waals surface area contributed by atoms with E-state index in [2.05, 4.69) is 40.6 Å². The fourth-order valence-electron chi connectivity index (χ4n) is 4.85. The average molecular weight is 558 g/mol. The smallest absolute Gasteiger partial charge is 0.238 e. The molecule has 0 spiro atoms. The van der Waals surface area contributed by atoms with Gasteiger partial charge in [0, 0.05) is 61.4 Å². The van der Waals surface area contributed by atoms with Crippen molar-refractivity contribution in [1.82, 2.24) is 34.6 Å². The minimum Gasteiger partial charge on any atom is -0.489 e. The van der Waals surface area contributed by atoms with Crippen molar-refractivity contribution in [3.05, 3.63) is 71.9 Å². The molecule has 1 atom stereocenters. The molecule has 12 heteroatoms. The number of nitrogens with one attached hydrogen (secondary N) is 3. The fraction of sp³-hybridized carbons (Fsp3) is 0.250. The number of para-hydroxylation sites is 1. The van der Waals surface area contributed by atoms with Crippen LogP contribution in [0.1, 0.15) is 12.1 Å². The van der Waals surface area contributed by atoms with Gasteiger partial charge >= 0.3 is 0 Å². The van der Waals surface area contributed by atoms with Crippen molar-refractivity contribution in [1.29, 1.82) is 0 Å². The second kappa shape index (κ2) is 10.9. The Morgan fingerprint density at radius 3 is 2.90 bits per heavy atom. The zero-order chi connectivity index (χ0) is 27.6. The normalized spacial score (nSPS) is 15.4. The summed E-state index contributed by atoms with van der Waals surface area (Å²) >= 11 is 6.53. The first-order valence-electron chi connectivity index (χ1n) is 12.9. The third kappa shape index (κ3) is 5.47. The lowest BCUT2D eigenvalue weighted by Crippen LogP contribution is -2.33. The highest BCUT2D eigenvalue weighted by atomic mass is 35.5. The number of fused-ring (bicyclic) bond motifs is 1. The van der Waals surface area contributed by atoms with Crippen LogP contribution in [0.4, 0.5) is 17.5 Å². The second-order valence-electron chi connectivity index (χ2n) is 9.73. The highest BCUT2D eigenvalue weighted by molar-refractivity contribution is 6.33. The van der Waals surface area contributed by atoms with E-state index in [9.17, 15) is 4.79 Å². The van der Waals surface area contributed by atoms with E-state index in [4.69, 9.17) is 16.3 Å². The van der Waals surface area contributed by atoms with E-state index in [0.717, 1.165) is 40.9 Å². The Balaban J connectivity index is 1.15. The molecule has 1 aliphatic heterocycles. The number of aromatic nitrogens is 6. The van der Waals surface area contributed by atoms with Gasteiger partial charge in [-0.1, -0.05) is 23.7 Å². The molecular formula is C28H28ClN9O2. The number of benzene rings is 1. The number of aromatic amines is 1. The zero-order valence-electron chi connectivity index (χ0n) is 22.1. The van der Waals surface area contributed by atoms with Crippen molar-refractivity contribution < 1.29 is 9.53 Å². The number of ether oxygens (including phenoxy) is 1. The van der Waals surface area contributed by atoms with Gasteiger partial charge in [0.1, 0.15) is 11.9 Å². The van der Waals surface area contributed by atoms with Crippen LogP contribution in [0.2, 0.25) is 5.02 Å². The van der Waals surface area contributed by atoms with Crippen LogP contribution in [-0.2, 0) is 11.8 Å². The summed E-state index contributed by atoms with van der Waals surface area (Å²) in [6.45, 7) is 3.73. The van der Waals surface area contributed by atoms with Crippen LogP contribution < -0.4 is 15.4 Å². The molecule has 11 nitrogen and oxygen atoms in total. The predicted molar refractivity (Wildman–Crippen MR) is 154 cm³/mol. The number of carbonyl (C=O) groups excluding carboxylic acids is 1. The largest absolute Gasteiger partial charge is 0.489 e. The molecule has 40 heavy (non-hydrogen) atoms. The van der Waals surface area contributed by atoms with E-state index in [-0.39, 0.29) is 18.6 Å². The maximum Gasteiger partial charge on any atom is 0.238 e. The van der Waals surface area contributed by atoms with Crippen molar-refractivity contribution in [2.45, 2.75) is 19.4 Å². The first kappa shape index (κ1) is 25.8. The molecule has 5 aromatic rings. The Morgan fingerprint density at radius 2 is 2.10 bits per heavy atom. The highest BCUT2D eigenvalue weighted by Gasteiger charge is 2.26. The lowest BCUT2D eigenvalue weighted by Gasteiger charge is -2.17. The third-order valence-corrected chi connectivity index (χ3v) is 7.17. The molecule has 3 N–H and O–H groups in total. The summed E-state index contributed by atoms with van der Waals surface area (Å²) in [5.74, 6) is 1.73. The number of halogens is 1. The number of anilines is 3. The van der Waals surface area contributed by atoms with Gasteiger partial charge in [-0.15, -0.1) is 0 Å². The molecule has 0 saturated carbocycles. The van der Waals surface area contributed by atoms with Gasteiger partial charge in [-0.3, -0.25) is 19.4 Å². The van der Waals surface area contributed by atoms with Crippen LogP contribution in [0.5, 0.6) is 5.75 Å². The lowest BCUT2D eigenvalue weighted by molar-refractivity contribution is -0.117. The van der Waals surface area contributed by atoms with Crippen LogP contribution >= 0.6 is 11.6 Å². The van der Waals surface area contributed by atoms with Gasteiger partial charge in [-0.05, 0) is 31.5 Å². The Hall–Kier alpha value is -4.48. The van der Waals surface area contributed by atoms with Crippen molar-refractivity contribution in [2.24, 2.45) is 7.05 Å². The molecule has 4 aromatic heterocycles. The molecule has 1 unspecified atom stereocenters. The number of hydrogen-bond donors (Lipinski definition) is 3. The highest BCUT2D eigenvalue weighted by Crippen LogP contribution is 2.35. The summed E-state index contributed by atoms with van der Waals surface area (Å²) < 4.78 is 7.79. The lowest BCUT2D eigenvalue weighted by atomic mass is 10.1. The van der Waals surface area contributed by atoms with Gasteiger partial charge in [0.25, 0.3) is 0 Å². The first-order valence-corrected chi connectivity index (χ1v) is 13.3. The molecule has 0 bridgehead atoms. The van der Waals surface area contributed by atoms with Crippen molar-refractivity contribution in [3.63, 3.8) is 0 Å². The molecule has 1 fully saturated rings. The fourth-order valence-corrected chi connectivity index (χ4v) is 5.04. The van der Waals surface area contributed by atoms with Crippen molar-refractivity contribution in [3.8, 4) is 17.0 Å². The number of H-pyrrole nitrogens is 1. The quantitative estimate of drug-likeness (QED) is 0.254. The maximum atomic E-state index is 13.0. The molecule has 1 aliphatic rings. The molecule has 0 radical (unpaired) electrons. The third-order valence-electron chi connectivity index (χ3n) is 6.89. The van der Waals surface area contributed by atoms with Crippen LogP contribution in [0.25, 0.3) is 22.2 Å². The number of aryl methyl sites for hydroxylation is 2. The number of nitrogens with zero attached hydrogens (tertiary/aromatic N) is 6. The molecule has 204 valence electrons. The molecule has 6 rings (SSSR count). The summed E-state index contributed by atoms with van der Waals surface area (Å²) in [6.07, 6.45) is 7.73. The van der Waals surface area contributed by atoms with E-state index in [0.29, 0.717) is 34.7 Å². The summed E-state index contributed by atoms with van der Waals surface area (Å²) in [4.78, 5) is 31.4.